The standard InChI is InChI=1S/C23H27N3O5/c1-3-30-21-15-16(5-7-20(21)31-13-10-26-8-11-29-12-9-26)22-24-18-6-4-17(23(27)28-2)14-19(18)25-22/h4-7,14-15H,3,8-13H2,1-2H3,(H,24,25). The van der Waals surface area contributed by atoms with Crippen molar-refractivity contribution in [1.29, 1.82) is 0 Å². The first-order chi connectivity index (χ1) is 15.2. The molecule has 0 unspecified atom stereocenters. The molecule has 0 aliphatic carbocycles. The minimum absolute atomic E-state index is 0.379. The number of morpholine rings is 1. The van der Waals surface area contributed by atoms with E-state index in [0.717, 1.165) is 49.4 Å². The smallest absolute Gasteiger partial charge is 0.337 e. The number of esters is 1. The van der Waals surface area contributed by atoms with Gasteiger partial charge in [0, 0.05) is 25.2 Å². The summed E-state index contributed by atoms with van der Waals surface area (Å²) >= 11 is 0. The second kappa shape index (κ2) is 9.80. The Hall–Kier alpha value is -3.10. The van der Waals surface area contributed by atoms with Crippen LogP contribution in [0.3, 0.4) is 0 Å². The average molecular weight is 425 g/mol. The molecule has 0 radical (unpaired) electrons. The predicted octanol–water partition coefficient (Wildman–Crippen LogP) is 3.13. The molecule has 1 aliphatic rings. The molecule has 1 aliphatic heterocycles. The van der Waals surface area contributed by atoms with E-state index in [1.165, 1.54) is 7.11 Å². The summed E-state index contributed by atoms with van der Waals surface area (Å²) in [6, 6.07) is 11.0. The number of benzene rings is 2. The van der Waals surface area contributed by atoms with Gasteiger partial charge < -0.3 is 23.9 Å². The third kappa shape index (κ3) is 4.98. The summed E-state index contributed by atoms with van der Waals surface area (Å²) in [6.07, 6.45) is 0. The second-order valence-electron chi connectivity index (χ2n) is 7.21. The molecular weight excluding hydrogens is 398 g/mol. The molecule has 0 saturated carbocycles. The van der Waals surface area contributed by atoms with Gasteiger partial charge in [0.25, 0.3) is 0 Å². The highest BCUT2D eigenvalue weighted by Gasteiger charge is 2.14. The molecule has 8 heteroatoms. The molecule has 1 N–H and O–H groups in total. The van der Waals surface area contributed by atoms with Crippen molar-refractivity contribution in [3.05, 3.63) is 42.0 Å². The lowest BCUT2D eigenvalue weighted by Crippen LogP contribution is -2.38. The summed E-state index contributed by atoms with van der Waals surface area (Å²) < 4.78 is 22.0. The average Bonchev–Trinajstić information content (AvgIpc) is 3.24. The number of methoxy groups -OCH3 is 1. The molecule has 2 aromatic carbocycles. The summed E-state index contributed by atoms with van der Waals surface area (Å²) in [4.78, 5) is 22.0. The topological polar surface area (TPSA) is 85.9 Å². The second-order valence-corrected chi connectivity index (χ2v) is 7.21. The van der Waals surface area contributed by atoms with Gasteiger partial charge in [-0.3, -0.25) is 4.90 Å². The van der Waals surface area contributed by atoms with Crippen LogP contribution in [0, 0.1) is 0 Å². The van der Waals surface area contributed by atoms with E-state index in [1.54, 1.807) is 18.2 Å². The fourth-order valence-electron chi connectivity index (χ4n) is 3.54. The highest BCUT2D eigenvalue weighted by Crippen LogP contribution is 2.33. The van der Waals surface area contributed by atoms with Crippen LogP contribution < -0.4 is 9.47 Å². The van der Waals surface area contributed by atoms with Gasteiger partial charge in [0.2, 0.25) is 0 Å². The van der Waals surface area contributed by atoms with Crippen molar-refractivity contribution in [2.45, 2.75) is 6.92 Å². The fourth-order valence-corrected chi connectivity index (χ4v) is 3.54. The van der Waals surface area contributed by atoms with Crippen LogP contribution in [0.2, 0.25) is 0 Å². The van der Waals surface area contributed by atoms with Crippen molar-refractivity contribution in [2.75, 3.05) is 53.2 Å². The van der Waals surface area contributed by atoms with E-state index >= 15 is 0 Å². The number of nitrogens with one attached hydrogen (secondary N) is 1. The SMILES string of the molecule is CCOc1cc(-c2nc3ccc(C(=O)OC)cc3[nH]2)ccc1OCCN1CCOCC1. The molecule has 4 rings (SSSR count). The molecule has 0 spiro atoms. The molecule has 3 aromatic rings. The Labute approximate surface area is 181 Å². The molecule has 0 atom stereocenters. The monoisotopic (exact) mass is 425 g/mol. The van der Waals surface area contributed by atoms with Crippen LogP contribution in [0.25, 0.3) is 22.4 Å². The molecule has 1 aromatic heterocycles. The number of rotatable bonds is 8. The Kier molecular flexibility index (Phi) is 6.69. The molecule has 0 amide bonds. The number of aromatic amines is 1. The number of hydrogen-bond donors (Lipinski definition) is 1. The van der Waals surface area contributed by atoms with Gasteiger partial charge in [-0.2, -0.15) is 0 Å². The van der Waals surface area contributed by atoms with Gasteiger partial charge in [-0.1, -0.05) is 0 Å². The lowest BCUT2D eigenvalue weighted by Gasteiger charge is -2.26. The van der Waals surface area contributed by atoms with Crippen LogP contribution >= 0.6 is 0 Å². The highest BCUT2D eigenvalue weighted by molar-refractivity contribution is 5.94. The number of imidazole rings is 1. The molecule has 0 bridgehead atoms. The third-order valence-electron chi connectivity index (χ3n) is 5.19. The maximum Gasteiger partial charge on any atom is 0.337 e. The van der Waals surface area contributed by atoms with E-state index in [0.29, 0.717) is 36.1 Å². The maximum absolute atomic E-state index is 11.8. The van der Waals surface area contributed by atoms with Crippen molar-refractivity contribution in [3.63, 3.8) is 0 Å². The van der Waals surface area contributed by atoms with E-state index in [4.69, 9.17) is 18.9 Å². The van der Waals surface area contributed by atoms with Gasteiger partial charge in [-0.25, -0.2) is 9.78 Å². The lowest BCUT2D eigenvalue weighted by molar-refractivity contribution is 0.0321. The lowest BCUT2D eigenvalue weighted by atomic mass is 10.2. The number of carbonyl (C=O) groups excluding carboxylic acids is 1. The van der Waals surface area contributed by atoms with Gasteiger partial charge in [-0.15, -0.1) is 0 Å². The van der Waals surface area contributed by atoms with Crippen LogP contribution in [0.15, 0.2) is 36.4 Å². The van der Waals surface area contributed by atoms with Gasteiger partial charge in [-0.05, 0) is 43.3 Å². The summed E-state index contributed by atoms with van der Waals surface area (Å²) in [6.45, 7) is 7.33. The summed E-state index contributed by atoms with van der Waals surface area (Å²) in [5.41, 5.74) is 2.89. The quantitative estimate of drug-likeness (QED) is 0.555. The number of aromatic nitrogens is 2. The third-order valence-corrected chi connectivity index (χ3v) is 5.19. The minimum Gasteiger partial charge on any atom is -0.490 e. The van der Waals surface area contributed by atoms with Crippen molar-refractivity contribution in [2.24, 2.45) is 0 Å². The van der Waals surface area contributed by atoms with E-state index in [-0.39, 0.29) is 5.97 Å². The van der Waals surface area contributed by atoms with E-state index in [1.807, 2.05) is 25.1 Å². The Morgan fingerprint density at radius 3 is 2.74 bits per heavy atom. The molecule has 8 nitrogen and oxygen atoms in total. The molecule has 2 heterocycles. The predicted molar refractivity (Wildman–Crippen MR) is 117 cm³/mol. The first kappa shape index (κ1) is 21.1. The van der Waals surface area contributed by atoms with Gasteiger partial charge in [0.1, 0.15) is 12.4 Å². The van der Waals surface area contributed by atoms with Crippen molar-refractivity contribution in [3.8, 4) is 22.9 Å². The normalized spacial score (nSPS) is 14.5. The largest absolute Gasteiger partial charge is 0.490 e. The highest BCUT2D eigenvalue weighted by atomic mass is 16.5. The van der Waals surface area contributed by atoms with Crippen LogP contribution in [-0.4, -0.2) is 74.0 Å². The number of hydrogen-bond acceptors (Lipinski definition) is 7. The van der Waals surface area contributed by atoms with Crippen LogP contribution in [0.5, 0.6) is 11.5 Å². The molecule has 31 heavy (non-hydrogen) atoms. The van der Waals surface area contributed by atoms with E-state index in [2.05, 4.69) is 14.9 Å². The van der Waals surface area contributed by atoms with Crippen molar-refractivity contribution < 1.29 is 23.7 Å². The van der Waals surface area contributed by atoms with E-state index in [9.17, 15) is 4.79 Å². The Morgan fingerprint density at radius 1 is 1.13 bits per heavy atom. The number of fused-ring (bicyclic) bond motifs is 1. The Morgan fingerprint density at radius 2 is 1.97 bits per heavy atom. The van der Waals surface area contributed by atoms with Crippen LogP contribution in [0.1, 0.15) is 17.3 Å². The molecule has 1 saturated heterocycles. The zero-order valence-corrected chi connectivity index (χ0v) is 17.8. The van der Waals surface area contributed by atoms with Gasteiger partial charge >= 0.3 is 5.97 Å². The minimum atomic E-state index is -0.379. The van der Waals surface area contributed by atoms with Crippen LogP contribution in [0.4, 0.5) is 0 Å². The Bertz CT molecular complexity index is 1040. The number of ether oxygens (including phenoxy) is 4. The van der Waals surface area contributed by atoms with Gasteiger partial charge in [0.05, 0.1) is 43.5 Å². The van der Waals surface area contributed by atoms with Crippen molar-refractivity contribution >= 4 is 17.0 Å². The summed E-state index contributed by atoms with van der Waals surface area (Å²) in [7, 11) is 1.37. The molecule has 1 fully saturated rings. The zero-order valence-electron chi connectivity index (χ0n) is 17.8. The number of nitrogens with zero attached hydrogens (tertiary/aromatic N) is 2. The molecular formula is C23H27N3O5. The first-order valence-corrected chi connectivity index (χ1v) is 10.5. The Balaban J connectivity index is 1.51. The maximum atomic E-state index is 11.8. The first-order valence-electron chi connectivity index (χ1n) is 10.5. The summed E-state index contributed by atoms with van der Waals surface area (Å²) in [5, 5.41) is 0. The summed E-state index contributed by atoms with van der Waals surface area (Å²) in [5.74, 6) is 1.70. The molecule has 164 valence electrons. The number of H-pyrrole nitrogens is 1. The van der Waals surface area contributed by atoms with Crippen LogP contribution in [-0.2, 0) is 9.47 Å². The zero-order chi connectivity index (χ0) is 21.6. The van der Waals surface area contributed by atoms with Gasteiger partial charge in [0.15, 0.2) is 11.5 Å². The fraction of sp³-hybridized carbons (Fsp3) is 0.391. The van der Waals surface area contributed by atoms with E-state index < -0.39 is 0 Å². The van der Waals surface area contributed by atoms with Crippen molar-refractivity contribution in [1.82, 2.24) is 14.9 Å². The number of carbonyl (C=O) groups is 1.